The maximum atomic E-state index is 13.5. The summed E-state index contributed by atoms with van der Waals surface area (Å²) in [6.45, 7) is 3.63. The molecule has 2 aromatic heterocycles. The van der Waals surface area contributed by atoms with Gasteiger partial charge in [-0.25, -0.2) is 4.98 Å². The highest BCUT2D eigenvalue weighted by atomic mass is 16.3. The molecule has 1 unspecified atom stereocenters. The van der Waals surface area contributed by atoms with Crippen molar-refractivity contribution in [1.82, 2.24) is 14.5 Å². The van der Waals surface area contributed by atoms with Crippen LogP contribution in [-0.4, -0.2) is 30.9 Å². The minimum absolute atomic E-state index is 0.115. The average Bonchev–Trinajstić information content (AvgIpc) is 2.85. The van der Waals surface area contributed by atoms with Crippen LogP contribution in [0.1, 0.15) is 54.5 Å². The van der Waals surface area contributed by atoms with Crippen LogP contribution >= 0.6 is 0 Å². The van der Waals surface area contributed by atoms with E-state index in [2.05, 4.69) is 16.5 Å². The molecule has 3 atom stereocenters. The molecule has 6 nitrogen and oxygen atoms in total. The second-order valence-electron chi connectivity index (χ2n) is 8.83. The lowest BCUT2D eigenvalue weighted by Crippen LogP contribution is -2.34. The van der Waals surface area contributed by atoms with Gasteiger partial charge in [0.1, 0.15) is 0 Å². The molecule has 1 aliphatic carbocycles. The summed E-state index contributed by atoms with van der Waals surface area (Å²) in [4.78, 5) is 22.5. The minimum atomic E-state index is -0.690. The number of fused-ring (bicyclic) bond motifs is 3. The first-order valence-corrected chi connectivity index (χ1v) is 11.4. The number of pyridine rings is 1. The smallest absolute Gasteiger partial charge is 0.261 e. The normalized spacial score (nSPS) is 19.6. The van der Waals surface area contributed by atoms with Crippen molar-refractivity contribution in [2.45, 2.75) is 50.4 Å². The monoisotopic (exact) mass is 441 g/mol. The zero-order valence-electron chi connectivity index (χ0n) is 18.4. The number of rotatable bonds is 5. The molecule has 4 aromatic rings. The van der Waals surface area contributed by atoms with Crippen LogP contribution in [0.4, 0.5) is 0 Å². The first-order valence-electron chi connectivity index (χ1n) is 11.4. The van der Waals surface area contributed by atoms with Gasteiger partial charge in [-0.1, -0.05) is 43.2 Å². The largest absolute Gasteiger partial charge is 0.391 e. The molecule has 5 rings (SSSR count). The number of aliphatic hydroxyl groups is 2. The van der Waals surface area contributed by atoms with Gasteiger partial charge in [0.2, 0.25) is 0 Å². The third kappa shape index (κ3) is 3.96. The number of hydrogen-bond donors (Lipinski definition) is 2. The van der Waals surface area contributed by atoms with Crippen LogP contribution in [0.15, 0.2) is 72.6 Å². The number of hydrogen-bond acceptors (Lipinski definition) is 5. The van der Waals surface area contributed by atoms with Gasteiger partial charge in [0.25, 0.3) is 5.56 Å². The number of aliphatic hydroxyl groups excluding tert-OH is 2. The average molecular weight is 442 g/mol. The molecule has 0 amide bonds. The van der Waals surface area contributed by atoms with E-state index in [1.807, 2.05) is 42.6 Å². The van der Waals surface area contributed by atoms with Crippen LogP contribution < -0.4 is 5.56 Å². The predicted molar refractivity (Wildman–Crippen MR) is 129 cm³/mol. The van der Waals surface area contributed by atoms with Crippen molar-refractivity contribution in [2.24, 2.45) is 0 Å². The summed E-state index contributed by atoms with van der Waals surface area (Å²) in [5, 5.41) is 22.9. The number of nitrogens with zero attached hydrogens (tertiary/aromatic N) is 3. The summed E-state index contributed by atoms with van der Waals surface area (Å²) in [6, 6.07) is 11.3. The highest BCUT2D eigenvalue weighted by molar-refractivity contribution is 6.06. The molecule has 0 saturated heterocycles. The predicted octanol–water partition coefficient (Wildman–Crippen LogP) is 4.23. The van der Waals surface area contributed by atoms with E-state index >= 15 is 0 Å². The molecule has 168 valence electrons. The van der Waals surface area contributed by atoms with Gasteiger partial charge in [0, 0.05) is 23.2 Å². The molecule has 2 heterocycles. The zero-order chi connectivity index (χ0) is 22.9. The van der Waals surface area contributed by atoms with Crippen molar-refractivity contribution in [2.75, 3.05) is 0 Å². The maximum absolute atomic E-state index is 13.5. The van der Waals surface area contributed by atoms with Crippen molar-refractivity contribution in [3.8, 4) is 0 Å². The van der Waals surface area contributed by atoms with Crippen LogP contribution in [0.2, 0.25) is 0 Å². The SMILES string of the molecule is C=CC(O)c1ccc(Cc2cc3c(=O)n([C@H]4CCCC[C@@H]4O)cnc3c3ccncc23)cc1. The van der Waals surface area contributed by atoms with Crippen LogP contribution in [-0.2, 0) is 6.42 Å². The van der Waals surface area contributed by atoms with E-state index in [4.69, 9.17) is 0 Å². The van der Waals surface area contributed by atoms with E-state index in [1.165, 1.54) is 6.08 Å². The minimum Gasteiger partial charge on any atom is -0.391 e. The molecule has 0 bridgehead atoms. The van der Waals surface area contributed by atoms with Crippen molar-refractivity contribution in [3.05, 3.63) is 94.8 Å². The number of benzene rings is 2. The third-order valence-corrected chi connectivity index (χ3v) is 6.76. The Bertz CT molecular complexity index is 1380. The lowest BCUT2D eigenvalue weighted by Gasteiger charge is -2.29. The summed E-state index contributed by atoms with van der Waals surface area (Å²) >= 11 is 0. The molecule has 0 spiro atoms. The van der Waals surface area contributed by atoms with E-state index in [9.17, 15) is 15.0 Å². The molecular weight excluding hydrogens is 414 g/mol. The van der Waals surface area contributed by atoms with E-state index in [-0.39, 0.29) is 11.6 Å². The maximum Gasteiger partial charge on any atom is 0.261 e. The molecule has 0 aliphatic heterocycles. The van der Waals surface area contributed by atoms with Crippen LogP contribution in [0.3, 0.4) is 0 Å². The molecule has 33 heavy (non-hydrogen) atoms. The van der Waals surface area contributed by atoms with Crippen molar-refractivity contribution in [1.29, 1.82) is 0 Å². The standard InChI is InChI=1S/C27H27N3O3/c1-2-24(31)18-9-7-17(8-10-18)13-19-14-21-26(20-11-12-28-15-22(19)20)29-16-30(27(21)33)23-5-3-4-6-25(23)32/h2,7-12,14-16,23-25,31-32H,1,3-6,13H2/t23-,24?,25-/m0/s1. The Labute approximate surface area is 191 Å². The van der Waals surface area contributed by atoms with Gasteiger partial charge < -0.3 is 10.2 Å². The van der Waals surface area contributed by atoms with Crippen molar-refractivity contribution >= 4 is 21.7 Å². The Morgan fingerprint density at radius 3 is 2.67 bits per heavy atom. The zero-order valence-corrected chi connectivity index (χ0v) is 18.4. The molecule has 0 radical (unpaired) electrons. The topological polar surface area (TPSA) is 88.2 Å². The van der Waals surface area contributed by atoms with Gasteiger partial charge in [-0.2, -0.15) is 0 Å². The van der Waals surface area contributed by atoms with Gasteiger partial charge in [-0.05, 0) is 48.1 Å². The first-order chi connectivity index (χ1) is 16.1. The van der Waals surface area contributed by atoms with Crippen molar-refractivity contribution in [3.63, 3.8) is 0 Å². The Morgan fingerprint density at radius 1 is 1.12 bits per heavy atom. The van der Waals surface area contributed by atoms with Crippen LogP contribution in [0.5, 0.6) is 0 Å². The summed E-state index contributed by atoms with van der Waals surface area (Å²) in [7, 11) is 0. The molecule has 1 aliphatic rings. The number of aromatic nitrogens is 3. The molecule has 1 fully saturated rings. The van der Waals surface area contributed by atoms with Gasteiger partial charge in [-0.3, -0.25) is 14.3 Å². The lowest BCUT2D eigenvalue weighted by atomic mass is 9.92. The fourth-order valence-electron chi connectivity index (χ4n) is 4.92. The summed E-state index contributed by atoms with van der Waals surface area (Å²) in [5.74, 6) is 0. The molecular formula is C27H27N3O3. The quantitative estimate of drug-likeness (QED) is 0.357. The van der Waals surface area contributed by atoms with Gasteiger partial charge in [-0.15, -0.1) is 6.58 Å². The summed E-state index contributed by atoms with van der Waals surface area (Å²) in [5.41, 5.74) is 3.38. The fraction of sp³-hybridized carbons (Fsp3) is 0.296. The third-order valence-electron chi connectivity index (χ3n) is 6.76. The highest BCUT2D eigenvalue weighted by Crippen LogP contribution is 2.30. The summed E-state index contributed by atoms with van der Waals surface area (Å²) in [6.07, 6.45) is 9.49. The Hall–Kier alpha value is -3.35. The lowest BCUT2D eigenvalue weighted by molar-refractivity contribution is 0.0735. The van der Waals surface area contributed by atoms with E-state index < -0.39 is 12.2 Å². The van der Waals surface area contributed by atoms with Crippen LogP contribution in [0, 0.1) is 0 Å². The van der Waals surface area contributed by atoms with Crippen LogP contribution in [0.25, 0.3) is 21.7 Å². The van der Waals surface area contributed by atoms with Gasteiger partial charge >= 0.3 is 0 Å². The first kappa shape index (κ1) is 21.5. The second kappa shape index (κ2) is 8.89. The Balaban J connectivity index is 1.62. The fourth-order valence-corrected chi connectivity index (χ4v) is 4.92. The van der Waals surface area contributed by atoms with E-state index in [0.717, 1.165) is 46.7 Å². The van der Waals surface area contributed by atoms with Gasteiger partial charge in [0.05, 0.1) is 35.5 Å². The second-order valence-corrected chi connectivity index (χ2v) is 8.83. The molecule has 2 aromatic carbocycles. The molecule has 1 saturated carbocycles. The van der Waals surface area contributed by atoms with E-state index in [1.54, 1.807) is 17.1 Å². The van der Waals surface area contributed by atoms with Gasteiger partial charge in [0.15, 0.2) is 0 Å². The Morgan fingerprint density at radius 2 is 1.91 bits per heavy atom. The van der Waals surface area contributed by atoms with E-state index in [0.29, 0.717) is 23.7 Å². The molecule has 6 heteroatoms. The summed E-state index contributed by atoms with van der Waals surface area (Å²) < 4.78 is 1.62. The Kier molecular flexibility index (Phi) is 5.79. The molecule has 2 N–H and O–H groups in total. The van der Waals surface area contributed by atoms with Crippen molar-refractivity contribution < 1.29 is 10.2 Å². The highest BCUT2D eigenvalue weighted by Gasteiger charge is 2.26.